The van der Waals surface area contributed by atoms with Gasteiger partial charge in [0, 0.05) is 12.2 Å². The van der Waals surface area contributed by atoms with E-state index in [1.54, 1.807) is 6.20 Å². The molecular weight excluding hydrogens is 191 g/mol. The maximum absolute atomic E-state index is 13.5. The normalized spacial score (nSPS) is 26.5. The average molecular weight is 208 g/mol. The van der Waals surface area contributed by atoms with E-state index < -0.39 is 0 Å². The minimum Gasteiger partial charge on any atom is -0.317 e. The third kappa shape index (κ3) is 2.34. The van der Waals surface area contributed by atoms with Crippen LogP contribution in [-0.2, 0) is 0 Å². The lowest BCUT2D eigenvalue weighted by Gasteiger charge is -2.29. The highest BCUT2D eigenvalue weighted by Gasteiger charge is 2.23. The molecular formula is C12H17FN2. The van der Waals surface area contributed by atoms with E-state index in [0.717, 1.165) is 18.4 Å². The van der Waals surface area contributed by atoms with Crippen molar-refractivity contribution in [3.8, 4) is 0 Å². The highest BCUT2D eigenvalue weighted by atomic mass is 19.1. The van der Waals surface area contributed by atoms with Crippen LogP contribution in [0.15, 0.2) is 18.5 Å². The van der Waals surface area contributed by atoms with Crippen LogP contribution in [0.3, 0.4) is 0 Å². The molecule has 0 bridgehead atoms. The number of pyridine rings is 1. The first-order chi connectivity index (χ1) is 7.31. The second-order valence-electron chi connectivity index (χ2n) is 4.25. The topological polar surface area (TPSA) is 24.9 Å². The molecule has 1 aromatic heterocycles. The van der Waals surface area contributed by atoms with E-state index in [9.17, 15) is 4.39 Å². The van der Waals surface area contributed by atoms with Crippen LogP contribution < -0.4 is 5.32 Å². The van der Waals surface area contributed by atoms with Gasteiger partial charge in [0.15, 0.2) is 0 Å². The SMILES string of the molecule is CNC1CCCC(c2ccncc2F)C1. The summed E-state index contributed by atoms with van der Waals surface area (Å²) in [5.74, 6) is 0.207. The fraction of sp³-hybridized carbons (Fsp3) is 0.583. The Balaban J connectivity index is 2.13. The van der Waals surface area contributed by atoms with Crippen LogP contribution in [0.25, 0.3) is 0 Å². The predicted molar refractivity (Wildman–Crippen MR) is 58.3 cm³/mol. The third-order valence-electron chi connectivity index (χ3n) is 3.33. The van der Waals surface area contributed by atoms with Gasteiger partial charge in [0.2, 0.25) is 0 Å². The van der Waals surface area contributed by atoms with Crippen molar-refractivity contribution < 1.29 is 4.39 Å². The fourth-order valence-electron chi connectivity index (χ4n) is 2.45. The molecule has 1 aliphatic carbocycles. The predicted octanol–water partition coefficient (Wildman–Crippen LogP) is 2.47. The van der Waals surface area contributed by atoms with Crippen molar-refractivity contribution in [2.24, 2.45) is 0 Å². The van der Waals surface area contributed by atoms with Gasteiger partial charge in [0.25, 0.3) is 0 Å². The summed E-state index contributed by atoms with van der Waals surface area (Å²) in [6.45, 7) is 0. The number of aromatic nitrogens is 1. The van der Waals surface area contributed by atoms with Crippen molar-refractivity contribution in [3.05, 3.63) is 29.8 Å². The lowest BCUT2D eigenvalue weighted by Crippen LogP contribution is -2.30. The van der Waals surface area contributed by atoms with Crippen molar-refractivity contribution in [1.82, 2.24) is 10.3 Å². The molecule has 1 saturated carbocycles. The van der Waals surface area contributed by atoms with Gasteiger partial charge in [0.1, 0.15) is 5.82 Å². The Bertz CT molecular complexity index is 327. The van der Waals surface area contributed by atoms with E-state index in [2.05, 4.69) is 10.3 Å². The second-order valence-corrected chi connectivity index (χ2v) is 4.25. The van der Waals surface area contributed by atoms with E-state index in [-0.39, 0.29) is 5.82 Å². The van der Waals surface area contributed by atoms with Gasteiger partial charge in [-0.15, -0.1) is 0 Å². The highest BCUT2D eigenvalue weighted by Crippen LogP contribution is 2.33. The van der Waals surface area contributed by atoms with Crippen molar-refractivity contribution >= 4 is 0 Å². The Hall–Kier alpha value is -0.960. The van der Waals surface area contributed by atoms with Crippen molar-refractivity contribution in [3.63, 3.8) is 0 Å². The summed E-state index contributed by atoms with van der Waals surface area (Å²) in [5.41, 5.74) is 0.838. The molecule has 1 heterocycles. The van der Waals surface area contributed by atoms with Gasteiger partial charge in [-0.3, -0.25) is 4.98 Å². The molecule has 82 valence electrons. The zero-order valence-corrected chi connectivity index (χ0v) is 9.04. The molecule has 2 unspecified atom stereocenters. The highest BCUT2D eigenvalue weighted by molar-refractivity contribution is 5.19. The molecule has 0 amide bonds. The largest absolute Gasteiger partial charge is 0.317 e. The summed E-state index contributed by atoms with van der Waals surface area (Å²) >= 11 is 0. The number of nitrogens with zero attached hydrogens (tertiary/aromatic N) is 1. The lowest BCUT2D eigenvalue weighted by atomic mass is 9.81. The second kappa shape index (κ2) is 4.71. The van der Waals surface area contributed by atoms with E-state index in [0.29, 0.717) is 12.0 Å². The molecule has 0 spiro atoms. The Labute approximate surface area is 89.9 Å². The van der Waals surface area contributed by atoms with Crippen molar-refractivity contribution in [2.75, 3.05) is 7.05 Å². The number of rotatable bonds is 2. The first-order valence-corrected chi connectivity index (χ1v) is 5.58. The van der Waals surface area contributed by atoms with Crippen LogP contribution >= 0.6 is 0 Å². The van der Waals surface area contributed by atoms with Crippen LogP contribution in [-0.4, -0.2) is 18.1 Å². The van der Waals surface area contributed by atoms with Crippen LogP contribution in [0.1, 0.15) is 37.2 Å². The standard InChI is InChI=1S/C12H17FN2/c1-14-10-4-2-3-9(7-10)11-5-6-15-8-12(11)13/h5-6,8-10,14H,2-4,7H2,1H3. The van der Waals surface area contributed by atoms with Crippen LogP contribution in [0.4, 0.5) is 4.39 Å². The Morgan fingerprint density at radius 3 is 3.07 bits per heavy atom. The van der Waals surface area contributed by atoms with Crippen LogP contribution in [0, 0.1) is 5.82 Å². The monoisotopic (exact) mass is 208 g/mol. The number of hydrogen-bond acceptors (Lipinski definition) is 2. The van der Waals surface area contributed by atoms with E-state index >= 15 is 0 Å². The van der Waals surface area contributed by atoms with Crippen molar-refractivity contribution in [1.29, 1.82) is 0 Å². The van der Waals surface area contributed by atoms with Gasteiger partial charge < -0.3 is 5.32 Å². The quantitative estimate of drug-likeness (QED) is 0.807. The smallest absolute Gasteiger partial charge is 0.144 e. The Morgan fingerprint density at radius 2 is 2.33 bits per heavy atom. The first kappa shape index (κ1) is 10.6. The molecule has 1 N–H and O–H groups in total. The van der Waals surface area contributed by atoms with Gasteiger partial charge in [-0.05, 0) is 43.9 Å². The molecule has 0 saturated heterocycles. The summed E-state index contributed by atoms with van der Waals surface area (Å²) < 4.78 is 13.5. The zero-order valence-electron chi connectivity index (χ0n) is 9.04. The Kier molecular flexibility index (Phi) is 3.31. The summed E-state index contributed by atoms with van der Waals surface area (Å²) in [5, 5.41) is 3.29. The summed E-state index contributed by atoms with van der Waals surface area (Å²) in [4.78, 5) is 3.79. The number of nitrogens with one attached hydrogen (secondary N) is 1. The molecule has 1 fully saturated rings. The first-order valence-electron chi connectivity index (χ1n) is 5.58. The number of halogens is 1. The summed E-state index contributed by atoms with van der Waals surface area (Å²) in [6.07, 6.45) is 7.52. The average Bonchev–Trinajstić information content (AvgIpc) is 2.30. The van der Waals surface area contributed by atoms with Gasteiger partial charge in [0.05, 0.1) is 6.20 Å². The molecule has 15 heavy (non-hydrogen) atoms. The minimum atomic E-state index is -0.153. The van der Waals surface area contributed by atoms with Gasteiger partial charge in [-0.1, -0.05) is 6.42 Å². The van der Waals surface area contributed by atoms with Gasteiger partial charge in [-0.2, -0.15) is 0 Å². The molecule has 0 radical (unpaired) electrons. The molecule has 0 aromatic carbocycles. The maximum Gasteiger partial charge on any atom is 0.144 e. The molecule has 2 rings (SSSR count). The fourth-order valence-corrected chi connectivity index (χ4v) is 2.45. The van der Waals surface area contributed by atoms with Gasteiger partial charge in [-0.25, -0.2) is 4.39 Å². The van der Waals surface area contributed by atoms with Crippen LogP contribution in [0.5, 0.6) is 0 Å². The summed E-state index contributed by atoms with van der Waals surface area (Å²) in [6, 6.07) is 2.36. The van der Waals surface area contributed by atoms with E-state index in [1.807, 2.05) is 13.1 Å². The Morgan fingerprint density at radius 1 is 1.47 bits per heavy atom. The van der Waals surface area contributed by atoms with E-state index in [1.165, 1.54) is 19.0 Å². The summed E-state index contributed by atoms with van der Waals surface area (Å²) in [7, 11) is 1.98. The molecule has 0 aliphatic heterocycles. The molecule has 2 nitrogen and oxygen atoms in total. The third-order valence-corrected chi connectivity index (χ3v) is 3.33. The van der Waals surface area contributed by atoms with E-state index in [4.69, 9.17) is 0 Å². The zero-order chi connectivity index (χ0) is 10.7. The molecule has 3 heteroatoms. The molecule has 2 atom stereocenters. The van der Waals surface area contributed by atoms with Crippen molar-refractivity contribution in [2.45, 2.75) is 37.6 Å². The minimum absolute atomic E-state index is 0.153. The van der Waals surface area contributed by atoms with Gasteiger partial charge >= 0.3 is 0 Å². The molecule has 1 aromatic rings. The number of hydrogen-bond donors (Lipinski definition) is 1. The van der Waals surface area contributed by atoms with Crippen LogP contribution in [0.2, 0.25) is 0 Å². The lowest BCUT2D eigenvalue weighted by molar-refractivity contribution is 0.349. The molecule has 1 aliphatic rings. The maximum atomic E-state index is 13.5.